The Kier molecular flexibility index (Phi) is 3.28. The quantitative estimate of drug-likeness (QED) is 0.593. The van der Waals surface area contributed by atoms with Gasteiger partial charge in [0.2, 0.25) is 5.78 Å². The van der Waals surface area contributed by atoms with Crippen LogP contribution < -0.4 is 0 Å². The average molecular weight is 172 g/mol. The van der Waals surface area contributed by atoms with Crippen LogP contribution in [0.3, 0.4) is 0 Å². The lowest BCUT2D eigenvalue weighted by atomic mass is 10.1. The summed E-state index contributed by atoms with van der Waals surface area (Å²) in [5.74, 6) is 5.21. The number of carbonyl (C=O) groups excluding carboxylic acids is 1. The van der Waals surface area contributed by atoms with Gasteiger partial charge in [-0.15, -0.1) is 0 Å². The van der Waals surface area contributed by atoms with Crippen LogP contribution in [-0.2, 0) is 11.2 Å². The number of carbonyl (C=O) groups is 1. The van der Waals surface area contributed by atoms with Crippen molar-refractivity contribution in [2.45, 2.75) is 20.3 Å². The number of benzene rings is 1. The number of hydrogen-bond donors (Lipinski definition) is 0. The minimum Gasteiger partial charge on any atom is -0.285 e. The Morgan fingerprint density at radius 3 is 2.38 bits per heavy atom. The van der Waals surface area contributed by atoms with E-state index in [2.05, 4.69) is 18.8 Å². The molecule has 0 atom stereocenters. The van der Waals surface area contributed by atoms with E-state index in [1.165, 1.54) is 12.5 Å². The van der Waals surface area contributed by atoms with Gasteiger partial charge in [-0.1, -0.05) is 25.0 Å². The SMILES string of the molecule is CCc1ccc(C#CC(C)=O)cc1. The molecule has 13 heavy (non-hydrogen) atoms. The fourth-order valence-electron chi connectivity index (χ4n) is 0.984. The van der Waals surface area contributed by atoms with Crippen LogP contribution in [0.25, 0.3) is 0 Å². The van der Waals surface area contributed by atoms with Crippen LogP contribution in [0.15, 0.2) is 24.3 Å². The monoisotopic (exact) mass is 172 g/mol. The van der Waals surface area contributed by atoms with E-state index in [0.717, 1.165) is 12.0 Å². The summed E-state index contributed by atoms with van der Waals surface area (Å²) in [5.41, 5.74) is 2.18. The molecule has 0 saturated heterocycles. The van der Waals surface area contributed by atoms with Crippen molar-refractivity contribution in [1.29, 1.82) is 0 Å². The van der Waals surface area contributed by atoms with Crippen LogP contribution in [0.5, 0.6) is 0 Å². The van der Waals surface area contributed by atoms with E-state index >= 15 is 0 Å². The molecule has 0 aliphatic heterocycles. The summed E-state index contributed by atoms with van der Waals surface area (Å²) >= 11 is 0. The molecule has 0 N–H and O–H groups in total. The Bertz CT molecular complexity index is 349. The fraction of sp³-hybridized carbons (Fsp3) is 0.250. The Hall–Kier alpha value is -1.55. The first-order chi connectivity index (χ1) is 6.22. The van der Waals surface area contributed by atoms with Gasteiger partial charge in [-0.2, -0.15) is 0 Å². The third kappa shape index (κ3) is 3.13. The largest absolute Gasteiger partial charge is 0.285 e. The molecule has 0 heterocycles. The molecule has 66 valence electrons. The van der Waals surface area contributed by atoms with Gasteiger partial charge in [-0.05, 0) is 30.0 Å². The van der Waals surface area contributed by atoms with E-state index in [9.17, 15) is 4.79 Å². The molecular weight excluding hydrogens is 160 g/mol. The zero-order valence-corrected chi connectivity index (χ0v) is 7.92. The van der Waals surface area contributed by atoms with Crippen LogP contribution in [-0.4, -0.2) is 5.78 Å². The predicted octanol–water partition coefficient (Wildman–Crippen LogP) is 2.19. The average Bonchev–Trinajstić information content (AvgIpc) is 2.15. The van der Waals surface area contributed by atoms with E-state index in [-0.39, 0.29) is 5.78 Å². The first-order valence-corrected chi connectivity index (χ1v) is 4.34. The van der Waals surface area contributed by atoms with E-state index < -0.39 is 0 Å². The van der Waals surface area contributed by atoms with Crippen LogP contribution in [0.1, 0.15) is 25.0 Å². The Morgan fingerprint density at radius 2 is 1.92 bits per heavy atom. The lowest BCUT2D eigenvalue weighted by Crippen LogP contribution is -1.83. The molecule has 0 aliphatic rings. The molecule has 0 saturated carbocycles. The number of hydrogen-bond acceptors (Lipinski definition) is 1. The van der Waals surface area contributed by atoms with Crippen molar-refractivity contribution >= 4 is 5.78 Å². The molecule has 1 heteroatoms. The topological polar surface area (TPSA) is 17.1 Å². The predicted molar refractivity (Wildman–Crippen MR) is 53.4 cm³/mol. The van der Waals surface area contributed by atoms with E-state index in [4.69, 9.17) is 0 Å². The second-order valence-corrected chi connectivity index (χ2v) is 2.86. The molecule has 0 spiro atoms. The number of rotatable bonds is 1. The normalized spacial score (nSPS) is 8.77. The minimum absolute atomic E-state index is 0.0976. The number of aryl methyl sites for hydroxylation is 1. The van der Waals surface area contributed by atoms with Gasteiger partial charge in [0.15, 0.2) is 0 Å². The second kappa shape index (κ2) is 4.47. The van der Waals surface area contributed by atoms with E-state index in [1.807, 2.05) is 24.3 Å². The Balaban J connectivity index is 2.83. The first-order valence-electron chi connectivity index (χ1n) is 4.34. The molecule has 0 aromatic heterocycles. The van der Waals surface area contributed by atoms with Crippen LogP contribution in [0.4, 0.5) is 0 Å². The van der Waals surface area contributed by atoms with E-state index in [1.54, 1.807) is 0 Å². The lowest BCUT2D eigenvalue weighted by molar-refractivity contribution is -0.111. The van der Waals surface area contributed by atoms with Gasteiger partial charge in [0, 0.05) is 12.5 Å². The minimum atomic E-state index is -0.0976. The Morgan fingerprint density at radius 1 is 1.31 bits per heavy atom. The highest BCUT2D eigenvalue weighted by Crippen LogP contribution is 2.03. The van der Waals surface area contributed by atoms with Gasteiger partial charge in [-0.25, -0.2) is 0 Å². The number of Topliss-reactive ketones (excluding diaryl/α,β-unsaturated/α-hetero) is 1. The van der Waals surface area contributed by atoms with Crippen molar-refractivity contribution < 1.29 is 4.79 Å². The van der Waals surface area contributed by atoms with Gasteiger partial charge < -0.3 is 0 Å². The second-order valence-electron chi connectivity index (χ2n) is 2.86. The summed E-state index contributed by atoms with van der Waals surface area (Å²) in [7, 11) is 0. The molecule has 1 aromatic carbocycles. The van der Waals surface area contributed by atoms with Crippen LogP contribution in [0.2, 0.25) is 0 Å². The molecule has 1 aromatic rings. The Labute approximate surface area is 78.8 Å². The molecule has 0 fully saturated rings. The molecule has 0 radical (unpaired) electrons. The summed E-state index contributed by atoms with van der Waals surface area (Å²) in [6.45, 7) is 3.57. The third-order valence-electron chi connectivity index (χ3n) is 1.75. The molecule has 1 rings (SSSR count). The number of ketones is 1. The summed E-state index contributed by atoms with van der Waals surface area (Å²) in [6, 6.07) is 7.94. The van der Waals surface area contributed by atoms with Gasteiger partial charge in [0.1, 0.15) is 0 Å². The summed E-state index contributed by atoms with van der Waals surface area (Å²) < 4.78 is 0. The molecular formula is C12H12O. The highest BCUT2D eigenvalue weighted by atomic mass is 16.1. The van der Waals surface area contributed by atoms with Crippen molar-refractivity contribution in [2.24, 2.45) is 0 Å². The maximum absolute atomic E-state index is 10.6. The van der Waals surface area contributed by atoms with Crippen molar-refractivity contribution in [3.8, 4) is 11.8 Å². The van der Waals surface area contributed by atoms with Crippen molar-refractivity contribution in [1.82, 2.24) is 0 Å². The zero-order valence-electron chi connectivity index (χ0n) is 7.92. The standard InChI is InChI=1S/C12H12O/c1-3-11-6-8-12(9-7-11)5-4-10(2)13/h6-9H,3H2,1-2H3. The highest BCUT2D eigenvalue weighted by molar-refractivity contribution is 5.93. The lowest BCUT2D eigenvalue weighted by Gasteiger charge is -1.94. The molecule has 0 unspecified atom stereocenters. The highest BCUT2D eigenvalue weighted by Gasteiger charge is 1.88. The summed E-state index contributed by atoms with van der Waals surface area (Å²) in [5, 5.41) is 0. The van der Waals surface area contributed by atoms with Gasteiger partial charge in [-0.3, -0.25) is 4.79 Å². The third-order valence-corrected chi connectivity index (χ3v) is 1.75. The van der Waals surface area contributed by atoms with Crippen molar-refractivity contribution in [3.63, 3.8) is 0 Å². The van der Waals surface area contributed by atoms with Crippen LogP contribution in [0, 0.1) is 11.8 Å². The maximum atomic E-state index is 10.6. The smallest absolute Gasteiger partial charge is 0.202 e. The van der Waals surface area contributed by atoms with Crippen molar-refractivity contribution in [3.05, 3.63) is 35.4 Å². The maximum Gasteiger partial charge on any atom is 0.202 e. The van der Waals surface area contributed by atoms with Gasteiger partial charge >= 0.3 is 0 Å². The molecule has 0 aliphatic carbocycles. The summed E-state index contributed by atoms with van der Waals surface area (Å²) in [6.07, 6.45) is 1.03. The fourth-order valence-corrected chi connectivity index (χ4v) is 0.984. The molecule has 0 amide bonds. The molecule has 0 bridgehead atoms. The zero-order chi connectivity index (χ0) is 9.68. The van der Waals surface area contributed by atoms with Crippen LogP contribution >= 0.6 is 0 Å². The summed E-state index contributed by atoms with van der Waals surface area (Å²) in [4.78, 5) is 10.6. The molecule has 1 nitrogen and oxygen atoms in total. The van der Waals surface area contributed by atoms with Crippen molar-refractivity contribution in [2.75, 3.05) is 0 Å². The first kappa shape index (κ1) is 9.54. The van der Waals surface area contributed by atoms with Gasteiger partial charge in [0.25, 0.3) is 0 Å². The van der Waals surface area contributed by atoms with Gasteiger partial charge in [0.05, 0.1) is 0 Å². The van der Waals surface area contributed by atoms with E-state index in [0.29, 0.717) is 0 Å².